The van der Waals surface area contributed by atoms with E-state index >= 15 is 0 Å². The van der Waals surface area contributed by atoms with Gasteiger partial charge >= 0.3 is 0 Å². The molecule has 0 fully saturated rings. The number of likely N-dealkylation sites (N-methyl/N-ethyl adjacent to an activating group) is 1. The monoisotopic (exact) mass is 273 g/mol. The Hall–Kier alpha value is -0.640. The van der Waals surface area contributed by atoms with Crippen LogP contribution in [0.25, 0.3) is 0 Å². The number of methoxy groups -OCH3 is 1. The van der Waals surface area contributed by atoms with Gasteiger partial charge in [0.15, 0.2) is 0 Å². The minimum absolute atomic E-state index is 0.199. The van der Waals surface area contributed by atoms with Gasteiger partial charge in [0.1, 0.15) is 5.82 Å². The Morgan fingerprint density at radius 2 is 2.17 bits per heavy atom. The van der Waals surface area contributed by atoms with Gasteiger partial charge in [-0.25, -0.2) is 4.39 Å². The topological polar surface area (TPSA) is 21.3 Å². The van der Waals surface area contributed by atoms with Crippen LogP contribution in [0, 0.1) is 11.7 Å². The predicted molar refractivity (Wildman–Crippen MR) is 73.6 cm³/mol. The van der Waals surface area contributed by atoms with Crippen molar-refractivity contribution < 1.29 is 9.13 Å². The van der Waals surface area contributed by atoms with E-state index < -0.39 is 0 Å². The van der Waals surface area contributed by atoms with Gasteiger partial charge in [-0.2, -0.15) is 0 Å². The lowest BCUT2D eigenvalue weighted by Crippen LogP contribution is -2.31. The highest BCUT2D eigenvalue weighted by molar-refractivity contribution is 6.31. The van der Waals surface area contributed by atoms with Gasteiger partial charge in [0, 0.05) is 30.3 Å². The third kappa shape index (κ3) is 4.56. The van der Waals surface area contributed by atoms with Gasteiger partial charge in [0.25, 0.3) is 0 Å². The highest BCUT2D eigenvalue weighted by Gasteiger charge is 2.16. The van der Waals surface area contributed by atoms with Crippen molar-refractivity contribution in [3.63, 3.8) is 0 Å². The van der Waals surface area contributed by atoms with Gasteiger partial charge in [-0.05, 0) is 37.9 Å². The summed E-state index contributed by atoms with van der Waals surface area (Å²) in [5.41, 5.74) is 0.586. The quantitative estimate of drug-likeness (QED) is 0.823. The summed E-state index contributed by atoms with van der Waals surface area (Å²) in [4.78, 5) is 0. The van der Waals surface area contributed by atoms with E-state index in [2.05, 4.69) is 12.2 Å². The van der Waals surface area contributed by atoms with Crippen LogP contribution in [-0.4, -0.2) is 26.8 Å². The molecule has 0 spiro atoms. The molecule has 0 radical (unpaired) electrons. The molecule has 0 aromatic heterocycles. The first-order chi connectivity index (χ1) is 8.58. The van der Waals surface area contributed by atoms with Crippen molar-refractivity contribution in [3.8, 4) is 0 Å². The van der Waals surface area contributed by atoms with Gasteiger partial charge in [0.05, 0.1) is 0 Å². The maximum Gasteiger partial charge on any atom is 0.127 e. The number of hydrogen-bond acceptors (Lipinski definition) is 2. The van der Waals surface area contributed by atoms with Crippen LogP contribution in [0.15, 0.2) is 18.2 Å². The zero-order chi connectivity index (χ0) is 13.5. The number of benzene rings is 1. The second kappa shape index (κ2) is 7.72. The summed E-state index contributed by atoms with van der Waals surface area (Å²) in [6.45, 7) is 2.83. The molecule has 0 aliphatic rings. The molecule has 0 heterocycles. The van der Waals surface area contributed by atoms with Crippen molar-refractivity contribution in [1.82, 2.24) is 5.32 Å². The minimum atomic E-state index is -0.234. The van der Waals surface area contributed by atoms with Crippen LogP contribution in [0.1, 0.15) is 18.9 Å². The maximum atomic E-state index is 13.7. The zero-order valence-electron chi connectivity index (χ0n) is 11.2. The standard InChI is InChI=1S/C14H21ClFNO/c1-10(9-18-3)7-11(17-2)8-12-13(15)5-4-6-14(12)16/h4-6,10-11,17H,7-9H2,1-3H3. The van der Waals surface area contributed by atoms with Gasteiger partial charge in [-0.3, -0.25) is 0 Å². The van der Waals surface area contributed by atoms with Crippen molar-refractivity contribution in [2.24, 2.45) is 5.92 Å². The van der Waals surface area contributed by atoms with Gasteiger partial charge in [-0.1, -0.05) is 24.6 Å². The van der Waals surface area contributed by atoms with Crippen LogP contribution in [0.5, 0.6) is 0 Å². The largest absolute Gasteiger partial charge is 0.384 e. The molecule has 0 bridgehead atoms. The molecular weight excluding hydrogens is 253 g/mol. The average molecular weight is 274 g/mol. The fourth-order valence-electron chi connectivity index (χ4n) is 2.12. The molecule has 0 saturated carbocycles. The number of nitrogens with one attached hydrogen (secondary N) is 1. The molecule has 102 valence electrons. The molecular formula is C14H21ClFNO. The minimum Gasteiger partial charge on any atom is -0.384 e. The van der Waals surface area contributed by atoms with Crippen molar-refractivity contribution in [3.05, 3.63) is 34.6 Å². The van der Waals surface area contributed by atoms with Crippen molar-refractivity contribution >= 4 is 11.6 Å². The Balaban J connectivity index is 2.68. The van der Waals surface area contributed by atoms with E-state index in [4.69, 9.17) is 16.3 Å². The molecule has 0 saturated heterocycles. The Labute approximate surface area is 113 Å². The normalized spacial score (nSPS) is 14.5. The van der Waals surface area contributed by atoms with Crippen LogP contribution >= 0.6 is 11.6 Å². The smallest absolute Gasteiger partial charge is 0.127 e. The average Bonchev–Trinajstić information content (AvgIpc) is 2.33. The lowest BCUT2D eigenvalue weighted by atomic mass is 9.96. The van der Waals surface area contributed by atoms with Crippen molar-refractivity contribution in [2.45, 2.75) is 25.8 Å². The van der Waals surface area contributed by atoms with Crippen LogP contribution < -0.4 is 5.32 Å². The summed E-state index contributed by atoms with van der Waals surface area (Å²) in [6.07, 6.45) is 1.52. The molecule has 2 nitrogen and oxygen atoms in total. The molecule has 18 heavy (non-hydrogen) atoms. The second-order valence-corrected chi connectivity index (χ2v) is 5.09. The lowest BCUT2D eigenvalue weighted by Gasteiger charge is -2.21. The van der Waals surface area contributed by atoms with E-state index in [1.807, 2.05) is 7.05 Å². The fourth-order valence-corrected chi connectivity index (χ4v) is 2.36. The van der Waals surface area contributed by atoms with Crippen molar-refractivity contribution in [2.75, 3.05) is 20.8 Å². The van der Waals surface area contributed by atoms with Gasteiger partial charge < -0.3 is 10.1 Å². The molecule has 0 aliphatic carbocycles. The Kier molecular flexibility index (Phi) is 6.61. The summed E-state index contributed by atoms with van der Waals surface area (Å²) in [6, 6.07) is 5.01. The SMILES string of the molecule is CNC(Cc1c(F)cccc1Cl)CC(C)COC. The van der Waals surface area contributed by atoms with Gasteiger partial charge in [0.2, 0.25) is 0 Å². The summed E-state index contributed by atoms with van der Waals surface area (Å²) < 4.78 is 18.8. The molecule has 2 atom stereocenters. The molecule has 0 aliphatic heterocycles. The van der Waals surface area contributed by atoms with E-state index in [0.717, 1.165) is 6.42 Å². The van der Waals surface area contributed by atoms with Crippen molar-refractivity contribution in [1.29, 1.82) is 0 Å². The number of hydrogen-bond donors (Lipinski definition) is 1. The Morgan fingerprint density at radius 1 is 1.44 bits per heavy atom. The van der Waals surface area contributed by atoms with E-state index in [-0.39, 0.29) is 11.9 Å². The summed E-state index contributed by atoms with van der Waals surface area (Å²) >= 11 is 6.04. The highest BCUT2D eigenvalue weighted by Crippen LogP contribution is 2.22. The van der Waals surface area contributed by atoms with Gasteiger partial charge in [-0.15, -0.1) is 0 Å². The second-order valence-electron chi connectivity index (χ2n) is 4.69. The maximum absolute atomic E-state index is 13.7. The summed E-state index contributed by atoms with van der Waals surface area (Å²) in [5, 5.41) is 3.71. The fraction of sp³-hybridized carbons (Fsp3) is 0.571. The van der Waals surface area contributed by atoms with E-state index in [0.29, 0.717) is 29.5 Å². The molecule has 1 N–H and O–H groups in total. The number of halogens is 2. The van der Waals surface area contributed by atoms with Crippen LogP contribution in [0.3, 0.4) is 0 Å². The zero-order valence-corrected chi connectivity index (χ0v) is 11.9. The highest BCUT2D eigenvalue weighted by atomic mass is 35.5. The Morgan fingerprint density at radius 3 is 2.72 bits per heavy atom. The first kappa shape index (κ1) is 15.4. The number of ether oxygens (including phenoxy) is 1. The Bertz CT molecular complexity index is 353. The molecule has 2 unspecified atom stereocenters. The molecule has 1 aromatic carbocycles. The summed E-state index contributed by atoms with van der Waals surface area (Å²) in [5.74, 6) is 0.195. The van der Waals surface area contributed by atoms with Crippen LogP contribution in [0.4, 0.5) is 4.39 Å². The molecule has 0 amide bonds. The van der Waals surface area contributed by atoms with E-state index in [9.17, 15) is 4.39 Å². The van der Waals surface area contributed by atoms with E-state index in [1.165, 1.54) is 6.07 Å². The predicted octanol–water partition coefficient (Wildman–Crippen LogP) is 3.28. The number of rotatable bonds is 7. The lowest BCUT2D eigenvalue weighted by molar-refractivity contribution is 0.150. The van der Waals surface area contributed by atoms with E-state index in [1.54, 1.807) is 19.2 Å². The van der Waals surface area contributed by atoms with Crippen LogP contribution in [-0.2, 0) is 11.2 Å². The molecule has 1 aromatic rings. The third-order valence-electron chi connectivity index (χ3n) is 3.06. The summed E-state index contributed by atoms with van der Waals surface area (Å²) in [7, 11) is 3.58. The first-order valence-corrected chi connectivity index (χ1v) is 6.55. The molecule has 4 heteroatoms. The molecule has 1 rings (SSSR count). The van der Waals surface area contributed by atoms with Crippen LogP contribution in [0.2, 0.25) is 5.02 Å². The third-order valence-corrected chi connectivity index (χ3v) is 3.41. The first-order valence-electron chi connectivity index (χ1n) is 6.17.